The first kappa shape index (κ1) is 16.2. The molecule has 1 rings (SSSR count). The summed E-state index contributed by atoms with van der Waals surface area (Å²) in [5, 5.41) is 5.53. The molecule has 0 aliphatic rings. The zero-order valence-electron chi connectivity index (χ0n) is 12.3. The van der Waals surface area contributed by atoms with Gasteiger partial charge in [0, 0.05) is 31.6 Å². The van der Waals surface area contributed by atoms with Gasteiger partial charge in [-0.2, -0.15) is 0 Å². The van der Waals surface area contributed by atoms with Crippen LogP contribution in [0.2, 0.25) is 0 Å². The van der Waals surface area contributed by atoms with E-state index >= 15 is 0 Å². The van der Waals surface area contributed by atoms with E-state index in [1.807, 2.05) is 38.1 Å². The average Bonchev–Trinajstić information content (AvgIpc) is 2.37. The molecule has 0 fully saturated rings. The number of anilines is 1. The number of rotatable bonds is 6. The first-order valence-corrected chi connectivity index (χ1v) is 6.77. The van der Waals surface area contributed by atoms with Gasteiger partial charge in [-0.1, -0.05) is 26.0 Å². The van der Waals surface area contributed by atoms with Gasteiger partial charge in [0.25, 0.3) is 0 Å². The molecule has 5 nitrogen and oxygen atoms in total. The third-order valence-corrected chi connectivity index (χ3v) is 3.04. The van der Waals surface area contributed by atoms with Crippen LogP contribution < -0.4 is 16.4 Å². The first-order valence-electron chi connectivity index (χ1n) is 6.77. The maximum absolute atomic E-state index is 11.7. The van der Waals surface area contributed by atoms with Gasteiger partial charge in [0.15, 0.2) is 0 Å². The van der Waals surface area contributed by atoms with Gasteiger partial charge in [-0.3, -0.25) is 9.59 Å². The molecule has 4 N–H and O–H groups in total. The van der Waals surface area contributed by atoms with Crippen LogP contribution in [0.5, 0.6) is 0 Å². The van der Waals surface area contributed by atoms with Crippen molar-refractivity contribution in [3.8, 4) is 0 Å². The number of nitrogens with two attached hydrogens (primary N) is 1. The summed E-state index contributed by atoms with van der Waals surface area (Å²) < 4.78 is 0. The smallest absolute Gasteiger partial charge is 0.221 e. The minimum absolute atomic E-state index is 0.0443. The molecule has 0 bridgehead atoms. The maximum atomic E-state index is 11.7. The molecule has 0 radical (unpaired) electrons. The van der Waals surface area contributed by atoms with Gasteiger partial charge in [0.2, 0.25) is 11.8 Å². The first-order chi connectivity index (χ1) is 9.38. The Morgan fingerprint density at radius 2 is 1.80 bits per heavy atom. The van der Waals surface area contributed by atoms with Crippen molar-refractivity contribution in [1.29, 1.82) is 0 Å². The zero-order chi connectivity index (χ0) is 15.1. The molecule has 0 saturated carbocycles. The van der Waals surface area contributed by atoms with E-state index in [0.29, 0.717) is 13.0 Å². The van der Waals surface area contributed by atoms with Gasteiger partial charge in [-0.05, 0) is 23.6 Å². The molecule has 0 spiro atoms. The van der Waals surface area contributed by atoms with Gasteiger partial charge in [-0.25, -0.2) is 0 Å². The van der Waals surface area contributed by atoms with Crippen molar-refractivity contribution in [2.24, 2.45) is 11.7 Å². The second kappa shape index (κ2) is 7.65. The Kier molecular flexibility index (Phi) is 6.18. The Morgan fingerprint density at radius 1 is 1.20 bits per heavy atom. The summed E-state index contributed by atoms with van der Waals surface area (Å²) in [6.45, 7) is 5.92. The quantitative estimate of drug-likeness (QED) is 0.739. The third-order valence-electron chi connectivity index (χ3n) is 3.04. The molecule has 0 aliphatic carbocycles. The fourth-order valence-electron chi connectivity index (χ4n) is 1.63. The molecule has 5 heteroatoms. The van der Waals surface area contributed by atoms with E-state index in [1.54, 1.807) is 0 Å². The van der Waals surface area contributed by atoms with Crippen molar-refractivity contribution in [3.05, 3.63) is 29.8 Å². The van der Waals surface area contributed by atoms with Crippen molar-refractivity contribution >= 4 is 17.5 Å². The molecule has 0 aromatic heterocycles. The minimum Gasteiger partial charge on any atom is -0.352 e. The number of hydrogen-bond acceptors (Lipinski definition) is 3. The molecule has 20 heavy (non-hydrogen) atoms. The van der Waals surface area contributed by atoms with Gasteiger partial charge >= 0.3 is 0 Å². The van der Waals surface area contributed by atoms with Gasteiger partial charge in [0.1, 0.15) is 0 Å². The van der Waals surface area contributed by atoms with E-state index in [1.165, 1.54) is 6.92 Å². The lowest BCUT2D eigenvalue weighted by molar-refractivity contribution is -0.121. The predicted octanol–water partition coefficient (Wildman–Crippen LogP) is 1.63. The Balaban J connectivity index is 2.42. The summed E-state index contributed by atoms with van der Waals surface area (Å²) in [6, 6.07) is 7.24. The summed E-state index contributed by atoms with van der Waals surface area (Å²) in [5.74, 6) is 0.142. The van der Waals surface area contributed by atoms with E-state index in [2.05, 4.69) is 10.6 Å². The summed E-state index contributed by atoms with van der Waals surface area (Å²) in [7, 11) is 0. The molecule has 1 atom stereocenters. The third kappa shape index (κ3) is 5.84. The molecule has 110 valence electrons. The van der Waals surface area contributed by atoms with Gasteiger partial charge in [0.05, 0.1) is 0 Å². The molecule has 2 amide bonds. The highest BCUT2D eigenvalue weighted by atomic mass is 16.2. The predicted molar refractivity (Wildman–Crippen MR) is 80.0 cm³/mol. The number of carbonyl (C=O) groups is 2. The SMILES string of the molecule is CC(=O)Nc1ccc(CNC(=O)CC(N)C(C)C)cc1. The highest BCUT2D eigenvalue weighted by molar-refractivity contribution is 5.88. The fourth-order valence-corrected chi connectivity index (χ4v) is 1.63. The Bertz CT molecular complexity index is 455. The van der Waals surface area contributed by atoms with Crippen LogP contribution >= 0.6 is 0 Å². The number of benzene rings is 1. The molecular weight excluding hydrogens is 254 g/mol. The standard InChI is InChI=1S/C15H23N3O2/c1-10(2)14(16)8-15(20)17-9-12-4-6-13(7-5-12)18-11(3)19/h4-7,10,14H,8-9,16H2,1-3H3,(H,17,20)(H,18,19). The van der Waals surface area contributed by atoms with Crippen molar-refractivity contribution in [1.82, 2.24) is 5.32 Å². The molecule has 1 unspecified atom stereocenters. The molecule has 0 saturated heterocycles. The normalized spacial score (nSPS) is 12.1. The fraction of sp³-hybridized carbons (Fsp3) is 0.467. The molecule has 0 aliphatic heterocycles. The van der Waals surface area contributed by atoms with Crippen molar-refractivity contribution in [2.45, 2.75) is 39.8 Å². The van der Waals surface area contributed by atoms with Crippen molar-refractivity contribution in [2.75, 3.05) is 5.32 Å². The molecule has 1 aromatic rings. The van der Waals surface area contributed by atoms with Crippen LogP contribution in [-0.2, 0) is 16.1 Å². The lowest BCUT2D eigenvalue weighted by Gasteiger charge is -2.15. The number of nitrogens with one attached hydrogen (secondary N) is 2. The summed E-state index contributed by atoms with van der Waals surface area (Å²) in [4.78, 5) is 22.6. The topological polar surface area (TPSA) is 84.2 Å². The lowest BCUT2D eigenvalue weighted by atomic mass is 10.0. The summed E-state index contributed by atoms with van der Waals surface area (Å²) in [5.41, 5.74) is 7.57. The average molecular weight is 277 g/mol. The van der Waals surface area contributed by atoms with Crippen LogP contribution in [0.1, 0.15) is 32.8 Å². The Morgan fingerprint density at radius 3 is 2.30 bits per heavy atom. The monoisotopic (exact) mass is 277 g/mol. The van der Waals surface area contributed by atoms with Crippen LogP contribution in [0.15, 0.2) is 24.3 Å². The van der Waals surface area contributed by atoms with Crippen LogP contribution in [0.4, 0.5) is 5.69 Å². The Labute approximate surface area is 119 Å². The van der Waals surface area contributed by atoms with Crippen LogP contribution in [0.3, 0.4) is 0 Å². The van der Waals surface area contributed by atoms with Crippen LogP contribution in [0, 0.1) is 5.92 Å². The highest BCUT2D eigenvalue weighted by Crippen LogP contribution is 2.09. The summed E-state index contributed by atoms with van der Waals surface area (Å²) in [6.07, 6.45) is 0.335. The van der Waals surface area contributed by atoms with E-state index in [0.717, 1.165) is 11.3 Å². The van der Waals surface area contributed by atoms with E-state index in [9.17, 15) is 9.59 Å². The Hall–Kier alpha value is -1.88. The molecule has 0 heterocycles. The van der Waals surface area contributed by atoms with Crippen LogP contribution in [0.25, 0.3) is 0 Å². The lowest BCUT2D eigenvalue weighted by Crippen LogP contribution is -2.34. The van der Waals surface area contributed by atoms with Gasteiger partial charge < -0.3 is 16.4 Å². The minimum atomic E-state index is -0.114. The van der Waals surface area contributed by atoms with Crippen molar-refractivity contribution in [3.63, 3.8) is 0 Å². The zero-order valence-corrected chi connectivity index (χ0v) is 12.3. The van der Waals surface area contributed by atoms with Crippen molar-refractivity contribution < 1.29 is 9.59 Å². The second-order valence-corrected chi connectivity index (χ2v) is 5.27. The molecule has 1 aromatic carbocycles. The van der Waals surface area contributed by atoms with Gasteiger partial charge in [-0.15, -0.1) is 0 Å². The molecular formula is C15H23N3O2. The van der Waals surface area contributed by atoms with Crippen LogP contribution in [-0.4, -0.2) is 17.9 Å². The summed E-state index contributed by atoms with van der Waals surface area (Å²) >= 11 is 0. The van der Waals surface area contributed by atoms with E-state index in [-0.39, 0.29) is 23.8 Å². The second-order valence-electron chi connectivity index (χ2n) is 5.27. The highest BCUT2D eigenvalue weighted by Gasteiger charge is 2.12. The number of amides is 2. The number of hydrogen-bond donors (Lipinski definition) is 3. The van der Waals surface area contributed by atoms with E-state index < -0.39 is 0 Å². The largest absolute Gasteiger partial charge is 0.352 e. The maximum Gasteiger partial charge on any atom is 0.221 e. The van der Waals surface area contributed by atoms with E-state index in [4.69, 9.17) is 5.73 Å². The number of carbonyl (C=O) groups excluding carboxylic acids is 2.